The molecular weight excluding hydrogens is 150 g/mol. The number of aromatic hydroxyl groups is 1. The third kappa shape index (κ3) is 1.24. The molecule has 12 heavy (non-hydrogen) atoms. The highest BCUT2D eigenvalue weighted by Crippen LogP contribution is 2.27. The van der Waals surface area contributed by atoms with Gasteiger partial charge in [-0.25, -0.2) is 0 Å². The van der Waals surface area contributed by atoms with Gasteiger partial charge in [0.2, 0.25) is 0 Å². The van der Waals surface area contributed by atoms with Crippen LogP contribution in [0.4, 0.5) is 5.69 Å². The molecule has 1 aromatic carbocycles. The first kappa shape index (κ1) is 7.47. The van der Waals surface area contributed by atoms with Gasteiger partial charge in [-0.05, 0) is 36.1 Å². The third-order valence-electron chi connectivity index (χ3n) is 2.30. The van der Waals surface area contributed by atoms with Gasteiger partial charge in [-0.15, -0.1) is 0 Å². The number of nitrogens with one attached hydrogen (secondary N) is 1. The molecule has 0 aromatic heterocycles. The molecule has 1 atom stereocenters. The van der Waals surface area contributed by atoms with Gasteiger partial charge in [0.1, 0.15) is 5.75 Å². The first-order chi connectivity index (χ1) is 5.75. The summed E-state index contributed by atoms with van der Waals surface area (Å²) in [4.78, 5) is 0. The number of hydrogen-bond donors (Lipinski definition) is 2. The van der Waals surface area contributed by atoms with Crippen LogP contribution in [-0.4, -0.2) is 11.7 Å². The van der Waals surface area contributed by atoms with Crippen molar-refractivity contribution in [3.05, 3.63) is 23.8 Å². The van der Waals surface area contributed by atoms with Crippen molar-refractivity contribution in [2.75, 3.05) is 11.9 Å². The number of benzene rings is 1. The van der Waals surface area contributed by atoms with E-state index >= 15 is 0 Å². The molecule has 0 aliphatic carbocycles. The van der Waals surface area contributed by atoms with Gasteiger partial charge >= 0.3 is 0 Å². The zero-order valence-corrected chi connectivity index (χ0v) is 7.17. The maximum Gasteiger partial charge on any atom is 0.116 e. The van der Waals surface area contributed by atoms with E-state index in [-0.39, 0.29) is 0 Å². The van der Waals surface area contributed by atoms with E-state index in [0.29, 0.717) is 11.7 Å². The molecule has 1 aliphatic rings. The second-order valence-corrected chi connectivity index (χ2v) is 3.53. The van der Waals surface area contributed by atoms with E-state index in [0.717, 1.165) is 13.0 Å². The molecule has 0 saturated heterocycles. The fourth-order valence-electron chi connectivity index (χ4n) is 1.65. The number of phenols is 1. The van der Waals surface area contributed by atoms with Crippen LogP contribution in [0.1, 0.15) is 12.5 Å². The second kappa shape index (κ2) is 2.70. The molecule has 0 bridgehead atoms. The Hall–Kier alpha value is -1.18. The Morgan fingerprint density at radius 2 is 2.33 bits per heavy atom. The minimum Gasteiger partial charge on any atom is -0.508 e. The molecule has 0 radical (unpaired) electrons. The van der Waals surface area contributed by atoms with Crippen LogP contribution < -0.4 is 5.32 Å². The normalized spacial score (nSPS) is 21.2. The van der Waals surface area contributed by atoms with Crippen molar-refractivity contribution in [1.29, 1.82) is 0 Å². The highest BCUT2D eigenvalue weighted by molar-refractivity contribution is 5.55. The van der Waals surface area contributed by atoms with Crippen molar-refractivity contribution in [1.82, 2.24) is 0 Å². The zero-order valence-electron chi connectivity index (χ0n) is 7.17. The summed E-state index contributed by atoms with van der Waals surface area (Å²) in [5, 5.41) is 12.6. The minimum atomic E-state index is 0.365. The molecule has 2 N–H and O–H groups in total. The molecule has 64 valence electrons. The summed E-state index contributed by atoms with van der Waals surface area (Å²) in [6.45, 7) is 3.25. The van der Waals surface area contributed by atoms with Gasteiger partial charge in [-0.2, -0.15) is 0 Å². The predicted molar refractivity (Wildman–Crippen MR) is 49.5 cm³/mol. The van der Waals surface area contributed by atoms with Crippen LogP contribution in [0.25, 0.3) is 0 Å². The molecule has 2 nitrogen and oxygen atoms in total. The molecule has 0 spiro atoms. The van der Waals surface area contributed by atoms with Crippen molar-refractivity contribution >= 4 is 5.69 Å². The zero-order chi connectivity index (χ0) is 8.55. The first-order valence-corrected chi connectivity index (χ1v) is 4.31. The quantitative estimate of drug-likeness (QED) is 0.573. The van der Waals surface area contributed by atoms with Crippen LogP contribution in [0.5, 0.6) is 5.75 Å². The van der Waals surface area contributed by atoms with Crippen LogP contribution >= 0.6 is 0 Å². The van der Waals surface area contributed by atoms with Crippen molar-refractivity contribution in [2.24, 2.45) is 5.92 Å². The molecule has 0 fully saturated rings. The smallest absolute Gasteiger partial charge is 0.116 e. The van der Waals surface area contributed by atoms with Gasteiger partial charge < -0.3 is 10.4 Å². The van der Waals surface area contributed by atoms with Gasteiger partial charge in [-0.1, -0.05) is 6.92 Å². The topological polar surface area (TPSA) is 32.3 Å². The standard InChI is InChI=1S/C10H13NO/c1-7-4-8-5-9(12)2-3-10(8)11-6-7/h2-3,5,7,11-12H,4,6H2,1H3. The fraction of sp³-hybridized carbons (Fsp3) is 0.400. The number of phenolic OH excluding ortho intramolecular Hbond substituents is 1. The van der Waals surface area contributed by atoms with Gasteiger partial charge in [0.25, 0.3) is 0 Å². The van der Waals surface area contributed by atoms with Crippen molar-refractivity contribution in [3.8, 4) is 5.75 Å². The second-order valence-electron chi connectivity index (χ2n) is 3.53. The third-order valence-corrected chi connectivity index (χ3v) is 2.30. The molecule has 0 saturated carbocycles. The van der Waals surface area contributed by atoms with E-state index in [1.807, 2.05) is 12.1 Å². The summed E-state index contributed by atoms with van der Waals surface area (Å²) in [6, 6.07) is 5.51. The van der Waals surface area contributed by atoms with Crippen LogP contribution in [-0.2, 0) is 6.42 Å². The van der Waals surface area contributed by atoms with E-state index in [9.17, 15) is 5.11 Å². The van der Waals surface area contributed by atoms with E-state index in [1.54, 1.807) is 6.07 Å². The lowest BCUT2D eigenvalue weighted by molar-refractivity contribution is 0.473. The minimum absolute atomic E-state index is 0.365. The SMILES string of the molecule is CC1CNc2ccc(O)cc2C1. The van der Waals surface area contributed by atoms with E-state index in [4.69, 9.17) is 0 Å². The Kier molecular flexibility index (Phi) is 1.68. The summed E-state index contributed by atoms with van der Waals surface area (Å²) in [7, 11) is 0. The van der Waals surface area contributed by atoms with Gasteiger partial charge in [0.15, 0.2) is 0 Å². The molecule has 0 amide bonds. The Morgan fingerprint density at radius 1 is 1.50 bits per heavy atom. The lowest BCUT2D eigenvalue weighted by atomic mass is 9.95. The van der Waals surface area contributed by atoms with Gasteiger partial charge in [0, 0.05) is 12.2 Å². The fourth-order valence-corrected chi connectivity index (χ4v) is 1.65. The monoisotopic (exact) mass is 163 g/mol. The molecule has 2 rings (SSSR count). The molecule has 1 heterocycles. The Balaban J connectivity index is 2.37. The largest absolute Gasteiger partial charge is 0.508 e. The number of fused-ring (bicyclic) bond motifs is 1. The number of hydrogen-bond acceptors (Lipinski definition) is 2. The first-order valence-electron chi connectivity index (χ1n) is 4.31. The summed E-state index contributed by atoms with van der Waals surface area (Å²) in [5.41, 5.74) is 2.40. The lowest BCUT2D eigenvalue weighted by Gasteiger charge is -2.23. The van der Waals surface area contributed by atoms with Gasteiger partial charge in [0.05, 0.1) is 0 Å². The Labute approximate surface area is 72.2 Å². The molecule has 1 aliphatic heterocycles. The summed E-state index contributed by atoms with van der Waals surface area (Å²) in [5.74, 6) is 1.03. The van der Waals surface area contributed by atoms with E-state index < -0.39 is 0 Å². The maximum atomic E-state index is 9.25. The summed E-state index contributed by atoms with van der Waals surface area (Å²) in [6.07, 6.45) is 1.07. The molecule has 1 unspecified atom stereocenters. The lowest BCUT2D eigenvalue weighted by Crippen LogP contribution is -2.20. The molecular formula is C10H13NO. The van der Waals surface area contributed by atoms with Crippen LogP contribution in [0, 0.1) is 5.92 Å². The van der Waals surface area contributed by atoms with Crippen molar-refractivity contribution < 1.29 is 5.11 Å². The van der Waals surface area contributed by atoms with Gasteiger partial charge in [-0.3, -0.25) is 0 Å². The average Bonchev–Trinajstić information content (AvgIpc) is 2.03. The Morgan fingerprint density at radius 3 is 3.17 bits per heavy atom. The van der Waals surface area contributed by atoms with Crippen LogP contribution in [0.15, 0.2) is 18.2 Å². The van der Waals surface area contributed by atoms with Crippen LogP contribution in [0.2, 0.25) is 0 Å². The molecule has 2 heteroatoms. The number of anilines is 1. The van der Waals surface area contributed by atoms with Crippen molar-refractivity contribution in [3.63, 3.8) is 0 Å². The average molecular weight is 163 g/mol. The highest BCUT2D eigenvalue weighted by atomic mass is 16.3. The Bertz CT molecular complexity index is 296. The summed E-state index contributed by atoms with van der Waals surface area (Å²) >= 11 is 0. The van der Waals surface area contributed by atoms with Crippen molar-refractivity contribution in [2.45, 2.75) is 13.3 Å². The summed E-state index contributed by atoms with van der Waals surface area (Å²) < 4.78 is 0. The number of rotatable bonds is 0. The van der Waals surface area contributed by atoms with E-state index in [2.05, 4.69) is 12.2 Å². The van der Waals surface area contributed by atoms with Crippen LogP contribution in [0.3, 0.4) is 0 Å². The predicted octanol–water partition coefficient (Wildman–Crippen LogP) is 2.00. The van der Waals surface area contributed by atoms with E-state index in [1.165, 1.54) is 11.3 Å². The highest BCUT2D eigenvalue weighted by Gasteiger charge is 2.13. The maximum absolute atomic E-state index is 9.25. The molecule has 1 aromatic rings.